The van der Waals surface area contributed by atoms with Crippen LogP contribution in [-0.4, -0.2) is 65.4 Å². The van der Waals surface area contributed by atoms with Gasteiger partial charge in [-0.25, -0.2) is 4.98 Å². The lowest BCUT2D eigenvalue weighted by atomic mass is 9.81. The number of imide groups is 1. The van der Waals surface area contributed by atoms with Crippen LogP contribution in [0.3, 0.4) is 0 Å². The van der Waals surface area contributed by atoms with E-state index in [9.17, 15) is 9.59 Å². The number of piperidine rings is 1. The predicted octanol–water partition coefficient (Wildman–Crippen LogP) is 2.16. The molecular weight excluding hydrogens is 352 g/mol. The van der Waals surface area contributed by atoms with Crippen molar-refractivity contribution < 1.29 is 9.59 Å². The van der Waals surface area contributed by atoms with Gasteiger partial charge in [0.25, 0.3) is 0 Å². The van der Waals surface area contributed by atoms with Crippen LogP contribution in [0.2, 0.25) is 0 Å². The molecule has 6 heteroatoms. The van der Waals surface area contributed by atoms with Gasteiger partial charge < -0.3 is 4.90 Å². The molecule has 2 amide bonds. The third-order valence-electron chi connectivity index (χ3n) is 7.35. The summed E-state index contributed by atoms with van der Waals surface area (Å²) in [4.78, 5) is 36.7. The Labute approximate surface area is 166 Å². The van der Waals surface area contributed by atoms with Gasteiger partial charge >= 0.3 is 0 Å². The van der Waals surface area contributed by atoms with Crippen LogP contribution in [-0.2, 0) is 9.59 Å². The van der Waals surface area contributed by atoms with Crippen LogP contribution in [0.5, 0.6) is 0 Å². The average Bonchev–Trinajstić information content (AvgIpc) is 2.99. The standard InChI is InChI=1S/C22H30N4O2/c27-21-18-5-1-2-6-19(18)22(28)26(21)14-16-8-9-17-15-25(12-11-24(17)13-16)20-7-3-4-10-23-20/h3-4,7,10,16-19H,1-2,5-6,8-9,11-15H2/t16-,17-,18?,19?/m0/s1. The number of carbonyl (C=O) groups is 2. The lowest BCUT2D eigenvalue weighted by Crippen LogP contribution is -2.57. The number of hydrogen-bond acceptors (Lipinski definition) is 5. The molecule has 4 aliphatic rings. The lowest BCUT2D eigenvalue weighted by Gasteiger charge is -2.47. The Bertz CT molecular complexity index is 715. The second-order valence-electron chi connectivity index (χ2n) is 9.01. The molecule has 150 valence electrons. The van der Waals surface area contributed by atoms with Gasteiger partial charge in [-0.05, 0) is 43.7 Å². The molecular formula is C22H30N4O2. The van der Waals surface area contributed by atoms with E-state index in [4.69, 9.17) is 0 Å². The van der Waals surface area contributed by atoms with Crippen molar-refractivity contribution in [3.8, 4) is 0 Å². The number of rotatable bonds is 3. The first-order valence-electron chi connectivity index (χ1n) is 11.0. The molecule has 3 aliphatic heterocycles. The number of anilines is 1. The summed E-state index contributed by atoms with van der Waals surface area (Å²) in [7, 11) is 0. The summed E-state index contributed by atoms with van der Waals surface area (Å²) in [6.07, 6.45) is 8.11. The van der Waals surface area contributed by atoms with E-state index < -0.39 is 0 Å². The molecule has 0 aromatic carbocycles. The van der Waals surface area contributed by atoms with Gasteiger partial charge in [0.15, 0.2) is 0 Å². The van der Waals surface area contributed by atoms with Crippen molar-refractivity contribution >= 4 is 17.6 Å². The van der Waals surface area contributed by atoms with Crippen molar-refractivity contribution in [2.45, 2.75) is 44.6 Å². The van der Waals surface area contributed by atoms with E-state index in [1.54, 1.807) is 4.90 Å². The largest absolute Gasteiger partial charge is 0.354 e. The maximum atomic E-state index is 12.8. The number of carbonyl (C=O) groups excluding carboxylic acids is 2. The SMILES string of the molecule is O=C1C2CCCCC2C(=O)N1C[C@H]1CC[C@H]2CN(c3ccccn3)CCN2C1. The average molecular weight is 383 g/mol. The Morgan fingerprint density at radius 3 is 2.43 bits per heavy atom. The monoisotopic (exact) mass is 382 g/mol. The predicted molar refractivity (Wildman–Crippen MR) is 107 cm³/mol. The van der Waals surface area contributed by atoms with E-state index in [-0.39, 0.29) is 23.7 Å². The highest BCUT2D eigenvalue weighted by Gasteiger charge is 2.48. The van der Waals surface area contributed by atoms with E-state index >= 15 is 0 Å². The Morgan fingerprint density at radius 2 is 1.71 bits per heavy atom. The lowest BCUT2D eigenvalue weighted by molar-refractivity contribution is -0.141. The number of likely N-dealkylation sites (tertiary alicyclic amines) is 1. The first-order chi connectivity index (χ1) is 13.7. The summed E-state index contributed by atoms with van der Waals surface area (Å²) < 4.78 is 0. The Balaban J connectivity index is 1.19. The van der Waals surface area contributed by atoms with Gasteiger partial charge in [-0.15, -0.1) is 0 Å². The number of piperazine rings is 1. The summed E-state index contributed by atoms with van der Waals surface area (Å²) in [6.45, 7) is 4.69. The second-order valence-corrected chi connectivity index (χ2v) is 9.01. The highest BCUT2D eigenvalue weighted by molar-refractivity contribution is 6.05. The fourth-order valence-electron chi connectivity index (χ4n) is 5.83. The quantitative estimate of drug-likeness (QED) is 0.750. The molecule has 3 saturated heterocycles. The minimum atomic E-state index is -0.0143. The van der Waals surface area contributed by atoms with Crippen molar-refractivity contribution in [3.63, 3.8) is 0 Å². The van der Waals surface area contributed by atoms with Gasteiger partial charge in [0.1, 0.15) is 5.82 Å². The highest BCUT2D eigenvalue weighted by atomic mass is 16.2. The van der Waals surface area contributed by atoms with Gasteiger partial charge in [0.2, 0.25) is 11.8 Å². The molecule has 4 heterocycles. The molecule has 1 aliphatic carbocycles. The molecule has 1 aromatic rings. The van der Waals surface area contributed by atoms with Crippen LogP contribution in [0.25, 0.3) is 0 Å². The fourth-order valence-corrected chi connectivity index (χ4v) is 5.83. The molecule has 5 rings (SSSR count). The van der Waals surface area contributed by atoms with Crippen LogP contribution in [0.15, 0.2) is 24.4 Å². The summed E-state index contributed by atoms with van der Waals surface area (Å²) in [6, 6.07) is 6.65. The Morgan fingerprint density at radius 1 is 0.929 bits per heavy atom. The number of hydrogen-bond donors (Lipinski definition) is 0. The molecule has 1 saturated carbocycles. The van der Waals surface area contributed by atoms with E-state index in [0.717, 1.165) is 70.5 Å². The van der Waals surface area contributed by atoms with Gasteiger partial charge in [0, 0.05) is 45.0 Å². The van der Waals surface area contributed by atoms with Crippen molar-refractivity contribution in [3.05, 3.63) is 24.4 Å². The molecule has 2 unspecified atom stereocenters. The minimum absolute atomic E-state index is 0.0143. The smallest absolute Gasteiger partial charge is 0.233 e. The summed E-state index contributed by atoms with van der Waals surface area (Å²) in [5.41, 5.74) is 0. The topological polar surface area (TPSA) is 56.8 Å². The summed E-state index contributed by atoms with van der Waals surface area (Å²) >= 11 is 0. The van der Waals surface area contributed by atoms with Gasteiger partial charge in [-0.2, -0.15) is 0 Å². The first kappa shape index (κ1) is 18.1. The molecule has 1 aromatic heterocycles. The number of amides is 2. The number of fused-ring (bicyclic) bond motifs is 2. The minimum Gasteiger partial charge on any atom is -0.354 e. The van der Waals surface area contributed by atoms with Crippen LogP contribution in [0.4, 0.5) is 5.82 Å². The van der Waals surface area contributed by atoms with Crippen molar-refractivity contribution in [2.24, 2.45) is 17.8 Å². The second kappa shape index (κ2) is 7.47. The zero-order valence-electron chi connectivity index (χ0n) is 16.5. The third-order valence-corrected chi connectivity index (χ3v) is 7.35. The normalized spacial score (nSPS) is 33.7. The fraction of sp³-hybridized carbons (Fsp3) is 0.682. The maximum absolute atomic E-state index is 12.8. The van der Waals surface area contributed by atoms with Crippen LogP contribution >= 0.6 is 0 Å². The molecule has 0 N–H and O–H groups in total. The van der Waals surface area contributed by atoms with Crippen molar-refractivity contribution in [1.82, 2.24) is 14.8 Å². The number of aromatic nitrogens is 1. The van der Waals surface area contributed by atoms with E-state index in [0.29, 0.717) is 18.5 Å². The van der Waals surface area contributed by atoms with Crippen molar-refractivity contribution in [2.75, 3.05) is 37.6 Å². The Kier molecular flexibility index (Phi) is 4.83. The van der Waals surface area contributed by atoms with Gasteiger partial charge in [-0.1, -0.05) is 18.9 Å². The van der Waals surface area contributed by atoms with Crippen LogP contribution in [0, 0.1) is 17.8 Å². The van der Waals surface area contributed by atoms with E-state index in [1.165, 1.54) is 0 Å². The zero-order valence-corrected chi connectivity index (χ0v) is 16.5. The first-order valence-corrected chi connectivity index (χ1v) is 11.0. The molecule has 0 spiro atoms. The molecule has 0 radical (unpaired) electrons. The Hall–Kier alpha value is -1.95. The molecule has 6 nitrogen and oxygen atoms in total. The number of pyridine rings is 1. The zero-order chi connectivity index (χ0) is 19.1. The highest BCUT2D eigenvalue weighted by Crippen LogP contribution is 2.39. The van der Waals surface area contributed by atoms with Crippen molar-refractivity contribution in [1.29, 1.82) is 0 Å². The van der Waals surface area contributed by atoms with E-state index in [1.807, 2.05) is 18.3 Å². The van der Waals surface area contributed by atoms with E-state index in [2.05, 4.69) is 20.9 Å². The van der Waals surface area contributed by atoms with Gasteiger partial charge in [-0.3, -0.25) is 19.4 Å². The third kappa shape index (κ3) is 3.21. The molecule has 4 fully saturated rings. The van der Waals surface area contributed by atoms with Crippen LogP contribution < -0.4 is 4.90 Å². The molecule has 28 heavy (non-hydrogen) atoms. The molecule has 4 atom stereocenters. The summed E-state index contributed by atoms with van der Waals surface area (Å²) in [5, 5.41) is 0. The number of nitrogens with zero attached hydrogens (tertiary/aromatic N) is 4. The van der Waals surface area contributed by atoms with Gasteiger partial charge in [0.05, 0.1) is 11.8 Å². The molecule has 0 bridgehead atoms. The van der Waals surface area contributed by atoms with Crippen LogP contribution in [0.1, 0.15) is 38.5 Å². The summed E-state index contributed by atoms with van der Waals surface area (Å²) in [5.74, 6) is 1.71. The maximum Gasteiger partial charge on any atom is 0.233 e.